The van der Waals surface area contributed by atoms with Crippen molar-refractivity contribution in [3.05, 3.63) is 29.8 Å². The predicted molar refractivity (Wildman–Crippen MR) is 75.9 cm³/mol. The third kappa shape index (κ3) is 4.31. The number of nitrogens with one attached hydrogen (secondary N) is 2. The van der Waals surface area contributed by atoms with Gasteiger partial charge in [0.15, 0.2) is 0 Å². The van der Waals surface area contributed by atoms with Crippen LogP contribution in [0.15, 0.2) is 24.3 Å². The van der Waals surface area contributed by atoms with Crippen LogP contribution in [0.25, 0.3) is 0 Å². The number of hydrogen-bond acceptors (Lipinski definition) is 3. The van der Waals surface area contributed by atoms with E-state index in [1.165, 1.54) is 30.6 Å². The van der Waals surface area contributed by atoms with Gasteiger partial charge in [0.25, 0.3) is 0 Å². The maximum Gasteiger partial charge on any atom is 0.0434 e. The average molecular weight is 248 g/mol. The Bertz CT molecular complexity index is 348. The second kappa shape index (κ2) is 7.39. The fourth-order valence-electron chi connectivity index (χ4n) is 2.48. The number of anilines is 1. The van der Waals surface area contributed by atoms with Crippen LogP contribution in [0.5, 0.6) is 0 Å². The van der Waals surface area contributed by atoms with Gasteiger partial charge in [-0.2, -0.15) is 0 Å². The predicted octanol–water partition coefficient (Wildman–Crippen LogP) is 2.02. The molecule has 1 aliphatic heterocycles. The lowest BCUT2D eigenvalue weighted by Gasteiger charge is -2.23. The lowest BCUT2D eigenvalue weighted by atomic mass is 9.99. The first kappa shape index (κ1) is 13.4. The largest absolute Gasteiger partial charge is 0.396 e. The van der Waals surface area contributed by atoms with E-state index in [1.54, 1.807) is 0 Å². The van der Waals surface area contributed by atoms with Crippen molar-refractivity contribution < 1.29 is 5.11 Å². The second-order valence-electron chi connectivity index (χ2n) is 5.12. The van der Waals surface area contributed by atoms with Crippen molar-refractivity contribution in [3.8, 4) is 0 Å². The summed E-state index contributed by atoms with van der Waals surface area (Å²) in [6, 6.07) is 8.54. The highest BCUT2D eigenvalue weighted by Gasteiger charge is 2.12. The van der Waals surface area contributed by atoms with Crippen molar-refractivity contribution >= 4 is 5.69 Å². The molecular formula is C15H24N2O. The van der Waals surface area contributed by atoms with Crippen LogP contribution >= 0.6 is 0 Å². The Morgan fingerprint density at radius 1 is 1.39 bits per heavy atom. The topological polar surface area (TPSA) is 44.3 Å². The molecule has 100 valence electrons. The molecule has 0 aliphatic carbocycles. The third-order valence-electron chi connectivity index (χ3n) is 3.54. The number of benzene rings is 1. The summed E-state index contributed by atoms with van der Waals surface area (Å²) in [6.45, 7) is 3.63. The zero-order valence-corrected chi connectivity index (χ0v) is 11.0. The van der Waals surface area contributed by atoms with Gasteiger partial charge >= 0.3 is 0 Å². The Labute approximate surface area is 110 Å². The minimum atomic E-state index is 0.269. The van der Waals surface area contributed by atoms with Crippen LogP contribution in [0, 0.1) is 5.92 Å². The summed E-state index contributed by atoms with van der Waals surface area (Å²) in [5.74, 6) is 0.750. The second-order valence-corrected chi connectivity index (χ2v) is 5.12. The number of aliphatic hydroxyl groups is 1. The van der Waals surface area contributed by atoms with E-state index >= 15 is 0 Å². The maximum absolute atomic E-state index is 8.85. The van der Waals surface area contributed by atoms with Gasteiger partial charge < -0.3 is 15.7 Å². The first-order valence-corrected chi connectivity index (χ1v) is 7.03. The number of hydrogen-bond donors (Lipinski definition) is 3. The maximum atomic E-state index is 8.85. The lowest BCUT2D eigenvalue weighted by molar-refractivity contribution is 0.288. The monoisotopic (exact) mass is 248 g/mol. The Hall–Kier alpha value is -1.06. The van der Waals surface area contributed by atoms with Gasteiger partial charge in [0.05, 0.1) is 0 Å². The van der Waals surface area contributed by atoms with Crippen LogP contribution in [0.2, 0.25) is 0 Å². The molecule has 0 saturated carbocycles. The van der Waals surface area contributed by atoms with Crippen LogP contribution in [0.1, 0.15) is 24.8 Å². The zero-order chi connectivity index (χ0) is 12.6. The number of rotatable bonds is 6. The van der Waals surface area contributed by atoms with Crippen molar-refractivity contribution in [2.75, 3.05) is 31.6 Å². The third-order valence-corrected chi connectivity index (χ3v) is 3.54. The lowest BCUT2D eigenvalue weighted by Crippen LogP contribution is -2.33. The molecule has 1 unspecified atom stereocenters. The summed E-state index contributed by atoms with van der Waals surface area (Å²) in [5.41, 5.74) is 2.51. The van der Waals surface area contributed by atoms with Gasteiger partial charge in [-0.3, -0.25) is 0 Å². The van der Waals surface area contributed by atoms with Crippen molar-refractivity contribution in [2.45, 2.75) is 25.7 Å². The first-order chi connectivity index (χ1) is 8.88. The van der Waals surface area contributed by atoms with Gasteiger partial charge in [-0.25, -0.2) is 0 Å². The molecule has 3 nitrogen and oxygen atoms in total. The normalized spacial score (nSPS) is 19.7. The quantitative estimate of drug-likeness (QED) is 0.721. The van der Waals surface area contributed by atoms with E-state index < -0.39 is 0 Å². The highest BCUT2D eigenvalue weighted by Crippen LogP contribution is 2.15. The molecule has 0 bridgehead atoms. The fourth-order valence-corrected chi connectivity index (χ4v) is 2.48. The Morgan fingerprint density at radius 2 is 2.33 bits per heavy atom. The van der Waals surface area contributed by atoms with Gasteiger partial charge in [0.1, 0.15) is 0 Å². The fraction of sp³-hybridized carbons (Fsp3) is 0.600. The minimum Gasteiger partial charge on any atom is -0.396 e. The van der Waals surface area contributed by atoms with Gasteiger partial charge in [-0.1, -0.05) is 12.1 Å². The highest BCUT2D eigenvalue weighted by molar-refractivity contribution is 5.45. The van der Waals surface area contributed by atoms with E-state index in [0.29, 0.717) is 0 Å². The van der Waals surface area contributed by atoms with Gasteiger partial charge in [0.2, 0.25) is 0 Å². The molecule has 1 aromatic rings. The average Bonchev–Trinajstić information content (AvgIpc) is 2.44. The van der Waals surface area contributed by atoms with E-state index in [-0.39, 0.29) is 6.61 Å². The van der Waals surface area contributed by atoms with Crippen molar-refractivity contribution in [1.29, 1.82) is 0 Å². The summed E-state index contributed by atoms with van der Waals surface area (Å²) in [5, 5.41) is 15.8. The summed E-state index contributed by atoms with van der Waals surface area (Å²) >= 11 is 0. The van der Waals surface area contributed by atoms with Gasteiger partial charge in [-0.15, -0.1) is 0 Å². The molecule has 0 radical (unpaired) electrons. The molecule has 1 saturated heterocycles. The van der Waals surface area contributed by atoms with Crippen LogP contribution in [-0.4, -0.2) is 31.3 Å². The standard InChI is InChI=1S/C15H24N2O/c18-9-3-6-13-4-1-7-15(10-13)17-12-14-5-2-8-16-11-14/h1,4,7,10,14,16-18H,2-3,5-6,8-9,11-12H2. The van der Waals surface area contributed by atoms with Crippen LogP contribution in [-0.2, 0) is 6.42 Å². The molecule has 0 amide bonds. The van der Waals surface area contributed by atoms with E-state index in [4.69, 9.17) is 5.11 Å². The molecule has 1 aromatic carbocycles. The highest BCUT2D eigenvalue weighted by atomic mass is 16.2. The van der Waals surface area contributed by atoms with Crippen molar-refractivity contribution in [3.63, 3.8) is 0 Å². The molecule has 2 rings (SSSR count). The molecule has 1 heterocycles. The molecule has 3 N–H and O–H groups in total. The van der Waals surface area contributed by atoms with Crippen LogP contribution < -0.4 is 10.6 Å². The van der Waals surface area contributed by atoms with Crippen LogP contribution in [0.4, 0.5) is 5.69 Å². The number of aryl methyl sites for hydroxylation is 1. The Balaban J connectivity index is 1.80. The molecular weight excluding hydrogens is 224 g/mol. The van der Waals surface area contributed by atoms with Crippen molar-refractivity contribution in [2.24, 2.45) is 5.92 Å². The SMILES string of the molecule is OCCCc1cccc(NCC2CCCNC2)c1. The molecule has 1 atom stereocenters. The van der Waals surface area contributed by atoms with Crippen LogP contribution in [0.3, 0.4) is 0 Å². The Kier molecular flexibility index (Phi) is 5.49. The van der Waals surface area contributed by atoms with E-state index in [9.17, 15) is 0 Å². The minimum absolute atomic E-state index is 0.269. The molecule has 0 aromatic heterocycles. The van der Waals surface area contributed by atoms with E-state index in [2.05, 4.69) is 34.9 Å². The van der Waals surface area contributed by atoms with Crippen molar-refractivity contribution in [1.82, 2.24) is 5.32 Å². The number of piperidine rings is 1. The van der Waals surface area contributed by atoms with E-state index in [1.807, 2.05) is 0 Å². The smallest absolute Gasteiger partial charge is 0.0434 e. The van der Waals surface area contributed by atoms with Gasteiger partial charge in [0, 0.05) is 18.8 Å². The molecule has 3 heteroatoms. The zero-order valence-electron chi connectivity index (χ0n) is 11.0. The number of aliphatic hydroxyl groups excluding tert-OH is 1. The molecule has 18 heavy (non-hydrogen) atoms. The summed E-state index contributed by atoms with van der Waals surface area (Å²) in [4.78, 5) is 0. The Morgan fingerprint density at radius 3 is 3.11 bits per heavy atom. The molecule has 1 aliphatic rings. The summed E-state index contributed by atoms with van der Waals surface area (Å²) in [7, 11) is 0. The van der Waals surface area contributed by atoms with E-state index in [0.717, 1.165) is 31.8 Å². The molecule has 0 spiro atoms. The van der Waals surface area contributed by atoms with Gasteiger partial charge in [-0.05, 0) is 62.4 Å². The first-order valence-electron chi connectivity index (χ1n) is 7.03. The molecule has 1 fully saturated rings. The summed E-state index contributed by atoms with van der Waals surface area (Å²) < 4.78 is 0. The summed E-state index contributed by atoms with van der Waals surface area (Å²) in [6.07, 6.45) is 4.42.